The van der Waals surface area contributed by atoms with Crippen LogP contribution in [0.1, 0.15) is 31.8 Å². The number of carbonyl (C=O) groups excluding carboxylic acids is 2. The molecule has 4 aromatic carbocycles. The lowest BCUT2D eigenvalue weighted by molar-refractivity contribution is 0.100. The number of hydrogen-bond donors (Lipinski definition) is 0. The van der Waals surface area contributed by atoms with E-state index in [1.165, 1.54) is 0 Å². The van der Waals surface area contributed by atoms with Crippen LogP contribution in [0.5, 0.6) is 0 Å². The summed E-state index contributed by atoms with van der Waals surface area (Å²) >= 11 is 0. The summed E-state index contributed by atoms with van der Waals surface area (Å²) in [5.74, 6) is -0.280. The van der Waals surface area contributed by atoms with Gasteiger partial charge in [-0.25, -0.2) is 0 Å². The van der Waals surface area contributed by atoms with Gasteiger partial charge in [-0.05, 0) is 16.8 Å². The molecule has 0 N–H and O–H groups in total. The minimum Gasteiger partial charge on any atom is -0.289 e. The Balaban J connectivity index is 1.96. The zero-order valence-corrected chi connectivity index (χ0v) is 14.1. The second kappa shape index (κ2) is 6.77. The average molecular weight is 336 g/mol. The fraction of sp³-hybridized carbons (Fsp3) is 0. The van der Waals surface area contributed by atoms with E-state index in [0.29, 0.717) is 22.3 Å². The van der Waals surface area contributed by atoms with Crippen LogP contribution in [0.25, 0.3) is 10.8 Å². The molecule has 2 nitrogen and oxygen atoms in total. The summed E-state index contributed by atoms with van der Waals surface area (Å²) in [6.45, 7) is 0. The summed E-state index contributed by atoms with van der Waals surface area (Å²) in [6.07, 6.45) is 0. The molecule has 0 spiro atoms. The Hall–Kier alpha value is -3.52. The molecule has 4 rings (SSSR count). The number of ketones is 2. The number of benzene rings is 4. The minimum absolute atomic E-state index is 0.137. The van der Waals surface area contributed by atoms with Gasteiger partial charge >= 0.3 is 0 Å². The van der Waals surface area contributed by atoms with Crippen molar-refractivity contribution in [3.8, 4) is 0 Å². The maximum Gasteiger partial charge on any atom is 0.194 e. The van der Waals surface area contributed by atoms with Crippen molar-refractivity contribution in [2.75, 3.05) is 0 Å². The Morgan fingerprint density at radius 1 is 0.500 bits per heavy atom. The highest BCUT2D eigenvalue weighted by Gasteiger charge is 2.22. The Morgan fingerprint density at radius 3 is 1.69 bits per heavy atom. The van der Waals surface area contributed by atoms with Gasteiger partial charge < -0.3 is 0 Å². The van der Waals surface area contributed by atoms with Gasteiger partial charge in [0.2, 0.25) is 0 Å². The SMILES string of the molecule is O=C(c1ccccc1)c1ccc2ccccc2c1C(=O)c1ccccc1. The molecule has 0 atom stereocenters. The fourth-order valence-electron chi connectivity index (χ4n) is 3.18. The second-order valence-electron chi connectivity index (χ2n) is 6.10. The third-order valence-electron chi connectivity index (χ3n) is 4.47. The fourth-order valence-corrected chi connectivity index (χ4v) is 3.18. The summed E-state index contributed by atoms with van der Waals surface area (Å²) in [6, 6.07) is 29.5. The molecule has 124 valence electrons. The van der Waals surface area contributed by atoms with Gasteiger partial charge in [0.25, 0.3) is 0 Å². The van der Waals surface area contributed by atoms with E-state index in [9.17, 15) is 9.59 Å². The summed E-state index contributed by atoms with van der Waals surface area (Å²) < 4.78 is 0. The maximum absolute atomic E-state index is 13.3. The predicted octanol–water partition coefficient (Wildman–Crippen LogP) is 5.30. The maximum atomic E-state index is 13.3. The Labute approximate surface area is 151 Å². The van der Waals surface area contributed by atoms with Crippen molar-refractivity contribution >= 4 is 22.3 Å². The number of hydrogen-bond acceptors (Lipinski definition) is 2. The molecule has 0 saturated heterocycles. The summed E-state index contributed by atoms with van der Waals surface area (Å²) in [5, 5.41) is 1.74. The van der Waals surface area contributed by atoms with Crippen LogP contribution in [0.3, 0.4) is 0 Å². The third-order valence-corrected chi connectivity index (χ3v) is 4.47. The van der Waals surface area contributed by atoms with Crippen LogP contribution in [0.4, 0.5) is 0 Å². The summed E-state index contributed by atoms with van der Waals surface area (Å²) in [5.41, 5.74) is 2.04. The van der Waals surface area contributed by atoms with E-state index in [2.05, 4.69) is 0 Å². The molecule has 0 unspecified atom stereocenters. The van der Waals surface area contributed by atoms with Crippen LogP contribution < -0.4 is 0 Å². The highest BCUT2D eigenvalue weighted by atomic mass is 16.1. The van der Waals surface area contributed by atoms with E-state index >= 15 is 0 Å². The van der Waals surface area contributed by atoms with Gasteiger partial charge in [-0.2, -0.15) is 0 Å². The highest BCUT2D eigenvalue weighted by Crippen LogP contribution is 2.27. The van der Waals surface area contributed by atoms with E-state index in [-0.39, 0.29) is 11.6 Å². The van der Waals surface area contributed by atoms with Crippen LogP contribution in [0.2, 0.25) is 0 Å². The molecular weight excluding hydrogens is 320 g/mol. The molecule has 4 aromatic rings. The first kappa shape index (κ1) is 16.0. The first-order chi connectivity index (χ1) is 12.8. The molecule has 0 fully saturated rings. The Kier molecular flexibility index (Phi) is 4.16. The molecular formula is C24H16O2. The smallest absolute Gasteiger partial charge is 0.194 e. The lowest BCUT2D eigenvalue weighted by Gasteiger charge is -2.12. The molecule has 26 heavy (non-hydrogen) atoms. The molecule has 0 aromatic heterocycles. The van der Waals surface area contributed by atoms with Gasteiger partial charge in [0.15, 0.2) is 11.6 Å². The first-order valence-corrected chi connectivity index (χ1v) is 8.47. The van der Waals surface area contributed by atoms with Crippen molar-refractivity contribution < 1.29 is 9.59 Å². The minimum atomic E-state index is -0.143. The van der Waals surface area contributed by atoms with Crippen LogP contribution in [-0.2, 0) is 0 Å². The monoisotopic (exact) mass is 336 g/mol. The molecule has 0 heterocycles. The normalized spacial score (nSPS) is 10.6. The van der Waals surface area contributed by atoms with Gasteiger partial charge in [-0.1, -0.05) is 91.0 Å². The Morgan fingerprint density at radius 2 is 1.04 bits per heavy atom. The lowest BCUT2D eigenvalue weighted by atomic mass is 9.89. The van der Waals surface area contributed by atoms with Crippen molar-refractivity contribution in [1.82, 2.24) is 0 Å². The van der Waals surface area contributed by atoms with Crippen molar-refractivity contribution in [2.45, 2.75) is 0 Å². The molecule has 0 aliphatic heterocycles. The summed E-state index contributed by atoms with van der Waals surface area (Å²) in [4.78, 5) is 26.4. The third kappa shape index (κ3) is 2.82. The zero-order valence-electron chi connectivity index (χ0n) is 14.1. The number of carbonyl (C=O) groups is 2. The van der Waals surface area contributed by atoms with Crippen LogP contribution >= 0.6 is 0 Å². The molecule has 0 bridgehead atoms. The highest BCUT2D eigenvalue weighted by molar-refractivity contribution is 6.24. The molecule has 2 heteroatoms. The number of fused-ring (bicyclic) bond motifs is 1. The van der Waals surface area contributed by atoms with E-state index in [4.69, 9.17) is 0 Å². The van der Waals surface area contributed by atoms with Crippen molar-refractivity contribution in [3.05, 3.63) is 119 Å². The van der Waals surface area contributed by atoms with Crippen molar-refractivity contribution in [1.29, 1.82) is 0 Å². The van der Waals surface area contributed by atoms with Gasteiger partial charge in [0.1, 0.15) is 0 Å². The largest absolute Gasteiger partial charge is 0.289 e. The molecule has 0 saturated carbocycles. The standard InChI is InChI=1S/C24H16O2/c25-23(18-10-3-1-4-11-18)21-16-15-17-9-7-8-14-20(17)22(21)24(26)19-12-5-2-6-13-19/h1-16H. The average Bonchev–Trinajstić information content (AvgIpc) is 2.73. The van der Waals surface area contributed by atoms with Crippen molar-refractivity contribution in [3.63, 3.8) is 0 Å². The van der Waals surface area contributed by atoms with Crippen molar-refractivity contribution in [2.24, 2.45) is 0 Å². The second-order valence-corrected chi connectivity index (χ2v) is 6.10. The Bertz CT molecular complexity index is 1100. The van der Waals surface area contributed by atoms with Gasteiger partial charge in [0.05, 0.1) is 0 Å². The van der Waals surface area contributed by atoms with Crippen LogP contribution in [-0.4, -0.2) is 11.6 Å². The molecule has 0 aliphatic rings. The zero-order chi connectivity index (χ0) is 17.9. The first-order valence-electron chi connectivity index (χ1n) is 8.47. The van der Waals surface area contributed by atoms with Crippen LogP contribution in [0, 0.1) is 0 Å². The van der Waals surface area contributed by atoms with Crippen LogP contribution in [0.15, 0.2) is 97.1 Å². The molecule has 0 aliphatic carbocycles. The topological polar surface area (TPSA) is 34.1 Å². The lowest BCUT2D eigenvalue weighted by Crippen LogP contribution is -2.12. The van der Waals surface area contributed by atoms with E-state index in [1.807, 2.05) is 66.7 Å². The predicted molar refractivity (Wildman–Crippen MR) is 104 cm³/mol. The van der Waals surface area contributed by atoms with E-state index in [1.54, 1.807) is 30.3 Å². The van der Waals surface area contributed by atoms with Gasteiger partial charge in [-0.3, -0.25) is 9.59 Å². The quantitative estimate of drug-likeness (QED) is 0.474. The van der Waals surface area contributed by atoms with Gasteiger partial charge in [0, 0.05) is 22.3 Å². The molecule has 0 amide bonds. The molecule has 0 radical (unpaired) electrons. The van der Waals surface area contributed by atoms with E-state index in [0.717, 1.165) is 10.8 Å². The van der Waals surface area contributed by atoms with E-state index < -0.39 is 0 Å². The summed E-state index contributed by atoms with van der Waals surface area (Å²) in [7, 11) is 0. The number of rotatable bonds is 4. The van der Waals surface area contributed by atoms with Gasteiger partial charge in [-0.15, -0.1) is 0 Å².